The van der Waals surface area contributed by atoms with Gasteiger partial charge in [-0.3, -0.25) is 9.48 Å². The van der Waals surface area contributed by atoms with Crippen molar-refractivity contribution >= 4 is 21.8 Å². The van der Waals surface area contributed by atoms with Gasteiger partial charge in [-0.15, -0.1) is 0 Å². The molecule has 0 radical (unpaired) electrons. The maximum absolute atomic E-state index is 11.9. The van der Waals surface area contributed by atoms with Gasteiger partial charge in [-0.05, 0) is 12.5 Å². The van der Waals surface area contributed by atoms with E-state index in [1.807, 2.05) is 0 Å². The Morgan fingerprint density at radius 3 is 2.84 bits per heavy atom. The van der Waals surface area contributed by atoms with Gasteiger partial charge in [-0.2, -0.15) is 5.10 Å². The Bertz CT molecular complexity index is 603. The summed E-state index contributed by atoms with van der Waals surface area (Å²) < 4.78 is 24.4. The molecule has 1 aromatic heterocycles. The first-order valence-corrected chi connectivity index (χ1v) is 7.83. The second-order valence-corrected chi connectivity index (χ2v) is 7.02. The third-order valence-corrected chi connectivity index (χ3v) is 5.00. The summed E-state index contributed by atoms with van der Waals surface area (Å²) in [4.78, 5) is 13.4. The Hall–Kier alpha value is -1.63. The zero-order valence-electron chi connectivity index (χ0n) is 11.0. The fourth-order valence-electron chi connectivity index (χ4n) is 2.07. The second kappa shape index (κ2) is 5.16. The van der Waals surface area contributed by atoms with Crippen molar-refractivity contribution in [2.75, 3.05) is 18.6 Å². The summed E-state index contributed by atoms with van der Waals surface area (Å²) in [6.07, 6.45) is 7.09. The fraction of sp³-hybridized carbons (Fsp3) is 0.500. The zero-order chi connectivity index (χ0) is 14.0. The lowest BCUT2D eigenvalue weighted by atomic mass is 10.2. The summed E-state index contributed by atoms with van der Waals surface area (Å²) in [5.74, 6) is 0.0448. The van der Waals surface area contributed by atoms with Crippen LogP contribution in [-0.2, 0) is 21.7 Å². The van der Waals surface area contributed by atoms with Crippen LogP contribution >= 0.6 is 0 Å². The van der Waals surface area contributed by atoms with Gasteiger partial charge in [0, 0.05) is 38.0 Å². The van der Waals surface area contributed by atoms with Crippen molar-refractivity contribution in [2.24, 2.45) is 7.05 Å². The number of carbonyl (C=O) groups is 1. The van der Waals surface area contributed by atoms with Crippen LogP contribution in [0.1, 0.15) is 12.0 Å². The Morgan fingerprint density at radius 1 is 1.58 bits per heavy atom. The Kier molecular flexibility index (Phi) is 3.75. The van der Waals surface area contributed by atoms with Crippen LogP contribution in [0, 0.1) is 0 Å². The molecule has 1 atom stereocenters. The van der Waals surface area contributed by atoms with E-state index in [9.17, 15) is 13.2 Å². The SMILES string of the molecule is CN(C(=O)/C=C\c1cnn(C)c1)[C@@H]1CCS(=O)(=O)C1. The number of sulfone groups is 1. The first kappa shape index (κ1) is 13.8. The number of nitrogens with zero attached hydrogens (tertiary/aromatic N) is 3. The maximum atomic E-state index is 11.9. The van der Waals surface area contributed by atoms with Gasteiger partial charge < -0.3 is 4.90 Å². The van der Waals surface area contributed by atoms with Crippen LogP contribution in [-0.4, -0.2) is 53.6 Å². The summed E-state index contributed by atoms with van der Waals surface area (Å²) in [7, 11) is 0.471. The number of aryl methyl sites for hydroxylation is 1. The number of hydrogen-bond donors (Lipinski definition) is 0. The van der Waals surface area contributed by atoms with E-state index in [1.54, 1.807) is 37.2 Å². The highest BCUT2D eigenvalue weighted by Crippen LogP contribution is 2.16. The third-order valence-electron chi connectivity index (χ3n) is 3.25. The largest absolute Gasteiger partial charge is 0.338 e. The van der Waals surface area contributed by atoms with Crippen LogP contribution in [0.25, 0.3) is 6.08 Å². The van der Waals surface area contributed by atoms with Gasteiger partial charge in [0.15, 0.2) is 9.84 Å². The standard InChI is InChI=1S/C12H17N3O3S/c1-14-8-10(7-13-14)3-4-12(16)15(2)11-5-6-19(17,18)9-11/h3-4,7-8,11H,5-6,9H2,1-2H3/b4-3-/t11-/m1/s1. The first-order valence-electron chi connectivity index (χ1n) is 6.01. The van der Waals surface area contributed by atoms with E-state index in [-0.39, 0.29) is 23.5 Å². The molecule has 0 spiro atoms. The lowest BCUT2D eigenvalue weighted by Crippen LogP contribution is -2.36. The van der Waals surface area contributed by atoms with Gasteiger partial charge >= 0.3 is 0 Å². The van der Waals surface area contributed by atoms with Crippen LogP contribution in [0.4, 0.5) is 0 Å². The quantitative estimate of drug-likeness (QED) is 0.736. The molecule has 0 unspecified atom stereocenters. The number of hydrogen-bond acceptors (Lipinski definition) is 4. The molecule has 6 nitrogen and oxygen atoms in total. The van der Waals surface area contributed by atoms with Crippen molar-refractivity contribution in [3.8, 4) is 0 Å². The van der Waals surface area contributed by atoms with Gasteiger partial charge in [0.05, 0.1) is 17.7 Å². The molecular weight excluding hydrogens is 266 g/mol. The number of likely N-dealkylation sites (N-methyl/N-ethyl adjacent to an activating group) is 1. The van der Waals surface area contributed by atoms with Gasteiger partial charge in [0.1, 0.15) is 0 Å². The molecule has 2 rings (SSSR count). The number of aromatic nitrogens is 2. The van der Waals surface area contributed by atoms with Crippen LogP contribution in [0.15, 0.2) is 18.5 Å². The summed E-state index contributed by atoms with van der Waals surface area (Å²) in [6.45, 7) is 0. The predicted octanol–water partition coefficient (Wildman–Crippen LogP) is 0.0788. The van der Waals surface area contributed by atoms with E-state index < -0.39 is 9.84 Å². The lowest BCUT2D eigenvalue weighted by Gasteiger charge is -2.21. The molecule has 7 heteroatoms. The molecule has 0 saturated carbocycles. The molecule has 104 valence electrons. The molecule has 1 saturated heterocycles. The van der Waals surface area contributed by atoms with Gasteiger partial charge in [-0.25, -0.2) is 8.42 Å². The van der Waals surface area contributed by atoms with Gasteiger partial charge in [0.2, 0.25) is 5.91 Å². The molecule has 1 aliphatic rings. The summed E-state index contributed by atoms with van der Waals surface area (Å²) in [6, 6.07) is -0.212. The van der Waals surface area contributed by atoms with Crippen molar-refractivity contribution < 1.29 is 13.2 Å². The minimum Gasteiger partial charge on any atom is -0.338 e. The van der Waals surface area contributed by atoms with Gasteiger partial charge in [-0.1, -0.05) is 0 Å². The lowest BCUT2D eigenvalue weighted by molar-refractivity contribution is -0.126. The predicted molar refractivity (Wildman–Crippen MR) is 72.1 cm³/mol. The zero-order valence-corrected chi connectivity index (χ0v) is 11.8. The van der Waals surface area contributed by atoms with E-state index in [0.29, 0.717) is 6.42 Å². The Morgan fingerprint density at radius 2 is 2.32 bits per heavy atom. The molecule has 0 N–H and O–H groups in total. The summed E-state index contributed by atoms with van der Waals surface area (Å²) in [5.41, 5.74) is 0.836. The average molecular weight is 283 g/mol. The van der Waals surface area contributed by atoms with Gasteiger partial charge in [0.25, 0.3) is 0 Å². The van der Waals surface area contributed by atoms with E-state index in [1.165, 1.54) is 11.0 Å². The Balaban J connectivity index is 1.98. The molecule has 1 fully saturated rings. The maximum Gasteiger partial charge on any atom is 0.246 e. The monoisotopic (exact) mass is 283 g/mol. The van der Waals surface area contributed by atoms with Crippen LogP contribution in [0.3, 0.4) is 0 Å². The molecule has 19 heavy (non-hydrogen) atoms. The topological polar surface area (TPSA) is 72.3 Å². The number of amides is 1. The van der Waals surface area contributed by atoms with E-state index in [2.05, 4.69) is 5.10 Å². The average Bonchev–Trinajstić information content (AvgIpc) is 2.91. The van der Waals surface area contributed by atoms with Crippen molar-refractivity contribution in [3.63, 3.8) is 0 Å². The van der Waals surface area contributed by atoms with Crippen molar-refractivity contribution in [1.82, 2.24) is 14.7 Å². The fourth-order valence-corrected chi connectivity index (χ4v) is 3.85. The molecule has 0 aromatic carbocycles. The van der Waals surface area contributed by atoms with E-state index in [4.69, 9.17) is 0 Å². The molecular formula is C12H17N3O3S. The minimum atomic E-state index is -2.97. The molecule has 1 aromatic rings. The molecule has 1 aliphatic heterocycles. The van der Waals surface area contributed by atoms with Crippen molar-refractivity contribution in [2.45, 2.75) is 12.5 Å². The van der Waals surface area contributed by atoms with Crippen LogP contribution in [0.2, 0.25) is 0 Å². The van der Waals surface area contributed by atoms with E-state index in [0.717, 1.165) is 5.56 Å². The molecule has 2 heterocycles. The summed E-state index contributed by atoms with van der Waals surface area (Å²) in [5, 5.41) is 4.00. The van der Waals surface area contributed by atoms with Crippen molar-refractivity contribution in [3.05, 3.63) is 24.0 Å². The Labute approximate surface area is 112 Å². The number of rotatable bonds is 3. The van der Waals surface area contributed by atoms with Crippen molar-refractivity contribution in [1.29, 1.82) is 0 Å². The minimum absolute atomic E-state index is 0.0654. The second-order valence-electron chi connectivity index (χ2n) is 4.79. The summed E-state index contributed by atoms with van der Waals surface area (Å²) >= 11 is 0. The smallest absolute Gasteiger partial charge is 0.246 e. The van der Waals surface area contributed by atoms with E-state index >= 15 is 0 Å². The molecule has 1 amide bonds. The highest BCUT2D eigenvalue weighted by atomic mass is 32.2. The third kappa shape index (κ3) is 3.44. The van der Waals surface area contributed by atoms with Crippen LogP contribution < -0.4 is 0 Å². The van der Waals surface area contributed by atoms with Crippen LogP contribution in [0.5, 0.6) is 0 Å². The highest BCUT2D eigenvalue weighted by molar-refractivity contribution is 7.91. The normalized spacial score (nSPS) is 21.9. The number of carbonyl (C=O) groups excluding carboxylic acids is 1. The highest BCUT2D eigenvalue weighted by Gasteiger charge is 2.31. The molecule has 0 aliphatic carbocycles. The first-order chi connectivity index (χ1) is 8.87. The molecule has 0 bridgehead atoms.